The summed E-state index contributed by atoms with van der Waals surface area (Å²) in [5.41, 5.74) is 1.76. The first-order chi connectivity index (χ1) is 13.5. The molecule has 3 rings (SSSR count). The van der Waals surface area contributed by atoms with Crippen molar-refractivity contribution in [2.45, 2.75) is 19.8 Å². The number of carbonyl (C=O) groups is 2. The summed E-state index contributed by atoms with van der Waals surface area (Å²) in [5.74, 6) is 0.189. The summed E-state index contributed by atoms with van der Waals surface area (Å²) in [7, 11) is 0. The summed E-state index contributed by atoms with van der Waals surface area (Å²) in [6.45, 7) is 2.06. The van der Waals surface area contributed by atoms with Crippen LogP contribution in [0.2, 0.25) is 5.02 Å². The van der Waals surface area contributed by atoms with Crippen LogP contribution in [0.5, 0.6) is 0 Å². The van der Waals surface area contributed by atoms with Crippen LogP contribution in [0.15, 0.2) is 53.1 Å². The van der Waals surface area contributed by atoms with E-state index in [0.717, 1.165) is 5.56 Å². The summed E-state index contributed by atoms with van der Waals surface area (Å²) in [6.07, 6.45) is 0.483. The number of halogens is 1. The highest BCUT2D eigenvalue weighted by Gasteiger charge is 2.12. The topological polar surface area (TPSA) is 94.3 Å². The largest absolute Gasteiger partial charge is 0.462 e. The fourth-order valence-electron chi connectivity index (χ4n) is 2.45. The van der Waals surface area contributed by atoms with Gasteiger partial charge in [-0.25, -0.2) is 4.79 Å². The first-order valence-corrected chi connectivity index (χ1v) is 9.08. The average Bonchev–Trinajstić information content (AvgIpc) is 3.16. The Bertz CT molecular complexity index is 970. The maximum Gasteiger partial charge on any atom is 0.338 e. The van der Waals surface area contributed by atoms with Gasteiger partial charge < -0.3 is 14.6 Å². The molecular weight excluding hydrogens is 382 g/mol. The van der Waals surface area contributed by atoms with E-state index >= 15 is 0 Å². The van der Waals surface area contributed by atoms with Gasteiger partial charge in [-0.1, -0.05) is 28.9 Å². The maximum absolute atomic E-state index is 12.1. The van der Waals surface area contributed by atoms with Gasteiger partial charge in [0.2, 0.25) is 17.6 Å². The zero-order chi connectivity index (χ0) is 19.9. The van der Waals surface area contributed by atoms with Crippen molar-refractivity contribution < 1.29 is 18.8 Å². The van der Waals surface area contributed by atoms with Gasteiger partial charge in [-0.3, -0.25) is 4.79 Å². The van der Waals surface area contributed by atoms with Crippen molar-refractivity contribution in [3.05, 3.63) is 65.0 Å². The van der Waals surface area contributed by atoms with Crippen LogP contribution in [-0.4, -0.2) is 28.6 Å². The predicted octanol–water partition coefficient (Wildman–Crippen LogP) is 4.14. The molecule has 3 aromatic rings. The number of hydrogen-bond acceptors (Lipinski definition) is 6. The Balaban J connectivity index is 1.53. The third kappa shape index (κ3) is 5.17. The highest BCUT2D eigenvalue weighted by atomic mass is 35.5. The van der Waals surface area contributed by atoms with Gasteiger partial charge in [0.25, 0.3) is 0 Å². The Morgan fingerprint density at radius 1 is 1.18 bits per heavy atom. The van der Waals surface area contributed by atoms with Crippen LogP contribution < -0.4 is 5.32 Å². The number of benzene rings is 2. The molecule has 1 N–H and O–H groups in total. The Kier molecular flexibility index (Phi) is 6.39. The molecule has 0 aliphatic carbocycles. The number of aromatic nitrogens is 2. The molecule has 1 heterocycles. The number of nitrogens with zero attached hydrogens (tertiary/aromatic N) is 2. The Morgan fingerprint density at radius 3 is 2.68 bits per heavy atom. The van der Waals surface area contributed by atoms with Crippen molar-refractivity contribution in [2.75, 3.05) is 11.9 Å². The molecule has 0 unspecified atom stereocenters. The van der Waals surface area contributed by atoms with Gasteiger partial charge in [-0.2, -0.15) is 4.98 Å². The molecule has 7 nitrogen and oxygen atoms in total. The number of aryl methyl sites for hydroxylation is 1. The van der Waals surface area contributed by atoms with Crippen molar-refractivity contribution in [3.8, 4) is 11.4 Å². The van der Waals surface area contributed by atoms with Crippen LogP contribution in [-0.2, 0) is 16.0 Å². The summed E-state index contributed by atoms with van der Waals surface area (Å²) in [6, 6.07) is 13.6. The van der Waals surface area contributed by atoms with E-state index in [1.54, 1.807) is 49.4 Å². The number of anilines is 1. The molecule has 0 atom stereocenters. The number of nitrogens with one attached hydrogen (secondary N) is 1. The summed E-state index contributed by atoms with van der Waals surface area (Å²) in [4.78, 5) is 28.0. The summed E-state index contributed by atoms with van der Waals surface area (Å²) >= 11 is 5.96. The van der Waals surface area contributed by atoms with Gasteiger partial charge in [0.1, 0.15) is 0 Å². The number of ether oxygens (including phenoxy) is 1. The Hall–Kier alpha value is -3.19. The molecule has 1 amide bonds. The minimum absolute atomic E-state index is 0.177. The van der Waals surface area contributed by atoms with E-state index in [4.69, 9.17) is 20.9 Å². The summed E-state index contributed by atoms with van der Waals surface area (Å²) in [5, 5.41) is 7.25. The lowest BCUT2D eigenvalue weighted by atomic mass is 10.2. The number of hydrogen-bond donors (Lipinski definition) is 1. The number of rotatable bonds is 7. The molecule has 0 aliphatic heterocycles. The molecule has 0 spiro atoms. The lowest BCUT2D eigenvalue weighted by Gasteiger charge is -2.06. The maximum atomic E-state index is 12.1. The fraction of sp³-hybridized carbons (Fsp3) is 0.200. The number of amides is 1. The van der Waals surface area contributed by atoms with E-state index in [9.17, 15) is 9.59 Å². The highest BCUT2D eigenvalue weighted by Crippen LogP contribution is 2.20. The normalized spacial score (nSPS) is 10.5. The van der Waals surface area contributed by atoms with Crippen molar-refractivity contribution in [3.63, 3.8) is 0 Å². The minimum atomic E-state index is -0.396. The molecule has 0 bridgehead atoms. The minimum Gasteiger partial charge on any atom is -0.462 e. The first-order valence-electron chi connectivity index (χ1n) is 8.70. The van der Waals surface area contributed by atoms with Gasteiger partial charge in [-0.15, -0.1) is 0 Å². The third-order valence-corrected chi connectivity index (χ3v) is 4.03. The van der Waals surface area contributed by atoms with Gasteiger partial charge in [0, 0.05) is 29.1 Å². The Labute approximate surface area is 166 Å². The van der Waals surface area contributed by atoms with Crippen LogP contribution in [0.1, 0.15) is 29.6 Å². The van der Waals surface area contributed by atoms with Crippen LogP contribution >= 0.6 is 11.6 Å². The van der Waals surface area contributed by atoms with Crippen LogP contribution in [0.3, 0.4) is 0 Å². The second kappa shape index (κ2) is 9.14. The van der Waals surface area contributed by atoms with E-state index in [-0.39, 0.29) is 12.3 Å². The molecule has 2 aromatic carbocycles. The molecule has 0 saturated heterocycles. The number of carbonyl (C=O) groups excluding carboxylic acids is 2. The smallest absolute Gasteiger partial charge is 0.338 e. The molecule has 0 aliphatic rings. The highest BCUT2D eigenvalue weighted by molar-refractivity contribution is 6.30. The second-order valence-corrected chi connectivity index (χ2v) is 6.30. The van der Waals surface area contributed by atoms with Crippen molar-refractivity contribution in [1.82, 2.24) is 10.1 Å². The van der Waals surface area contributed by atoms with Crippen LogP contribution in [0.4, 0.5) is 5.69 Å². The molecular formula is C20H18ClN3O4. The fourth-order valence-corrected chi connectivity index (χ4v) is 2.64. The lowest BCUT2D eigenvalue weighted by molar-refractivity contribution is -0.116. The zero-order valence-corrected chi connectivity index (χ0v) is 15.9. The first kappa shape index (κ1) is 19.6. The van der Waals surface area contributed by atoms with E-state index in [2.05, 4.69) is 15.5 Å². The molecule has 28 heavy (non-hydrogen) atoms. The standard InChI is InChI=1S/C20H18ClN3O4/c1-2-27-20(26)13-6-8-16(9-7-13)22-17(25)10-11-18-23-19(24-28-18)14-4-3-5-15(21)12-14/h3-9,12H,2,10-11H2,1H3,(H,22,25). The van der Waals surface area contributed by atoms with E-state index in [0.29, 0.717) is 41.0 Å². The molecule has 0 saturated carbocycles. The van der Waals surface area contributed by atoms with E-state index < -0.39 is 5.97 Å². The van der Waals surface area contributed by atoms with Crippen LogP contribution in [0.25, 0.3) is 11.4 Å². The third-order valence-electron chi connectivity index (χ3n) is 3.80. The zero-order valence-electron chi connectivity index (χ0n) is 15.1. The molecule has 0 radical (unpaired) electrons. The Morgan fingerprint density at radius 2 is 1.96 bits per heavy atom. The van der Waals surface area contributed by atoms with Crippen molar-refractivity contribution in [1.29, 1.82) is 0 Å². The quantitative estimate of drug-likeness (QED) is 0.600. The van der Waals surface area contributed by atoms with Gasteiger partial charge >= 0.3 is 5.97 Å². The summed E-state index contributed by atoms with van der Waals surface area (Å²) < 4.78 is 10.1. The van der Waals surface area contributed by atoms with Crippen molar-refractivity contribution >= 4 is 29.2 Å². The van der Waals surface area contributed by atoms with E-state index in [1.165, 1.54) is 0 Å². The van der Waals surface area contributed by atoms with Crippen molar-refractivity contribution in [2.24, 2.45) is 0 Å². The lowest BCUT2D eigenvalue weighted by Crippen LogP contribution is -2.12. The van der Waals surface area contributed by atoms with Gasteiger partial charge in [0.15, 0.2) is 0 Å². The molecule has 0 fully saturated rings. The predicted molar refractivity (Wildman–Crippen MR) is 104 cm³/mol. The van der Waals surface area contributed by atoms with E-state index in [1.807, 2.05) is 6.07 Å². The van der Waals surface area contributed by atoms with Crippen LogP contribution in [0, 0.1) is 0 Å². The SMILES string of the molecule is CCOC(=O)c1ccc(NC(=O)CCc2nc(-c3cccc(Cl)c3)no2)cc1. The monoisotopic (exact) mass is 399 g/mol. The molecule has 1 aromatic heterocycles. The van der Waals surface area contributed by atoms with Gasteiger partial charge in [0.05, 0.1) is 12.2 Å². The second-order valence-electron chi connectivity index (χ2n) is 5.87. The molecule has 8 heteroatoms. The van der Waals surface area contributed by atoms with Gasteiger partial charge in [-0.05, 0) is 43.3 Å². The molecule has 144 valence electrons. The number of esters is 1. The average molecular weight is 400 g/mol.